The van der Waals surface area contributed by atoms with E-state index in [4.69, 9.17) is 0 Å². The summed E-state index contributed by atoms with van der Waals surface area (Å²) in [7, 11) is 0. The first-order valence-electron chi connectivity index (χ1n) is 1.95. The third-order valence-corrected chi connectivity index (χ3v) is 0.986. The fraction of sp³-hybridized carbons (Fsp3) is 0.333. The van der Waals surface area contributed by atoms with Gasteiger partial charge < -0.3 is 0 Å². The van der Waals surface area contributed by atoms with Crippen molar-refractivity contribution in [1.82, 2.24) is 15.2 Å². The first kappa shape index (κ1) is 5.68. The lowest BCUT2D eigenvalue weighted by atomic mass is 10.7. The van der Waals surface area contributed by atoms with Crippen LogP contribution in [0.15, 0.2) is 4.73 Å². The third kappa shape index (κ3) is 1.03. The quantitative estimate of drug-likeness (QED) is 0.701. The number of nitrogens with zero attached hydrogens (tertiary/aromatic N) is 2. The fourth-order valence-corrected chi connectivity index (χ4v) is 0.634. The number of alkyl halides is 1. The van der Waals surface area contributed by atoms with Gasteiger partial charge in [0, 0.05) is 0 Å². The highest BCUT2D eigenvalue weighted by atomic mass is 79.9. The van der Waals surface area contributed by atoms with Crippen LogP contribution < -0.4 is 0 Å². The van der Waals surface area contributed by atoms with Crippen molar-refractivity contribution < 1.29 is 4.39 Å². The van der Waals surface area contributed by atoms with Crippen molar-refractivity contribution >= 4 is 15.9 Å². The summed E-state index contributed by atoms with van der Waals surface area (Å²) in [6.07, 6.45) is 0. The summed E-state index contributed by atoms with van der Waals surface area (Å²) in [6, 6.07) is 0. The van der Waals surface area contributed by atoms with Crippen LogP contribution in [-0.2, 0) is 6.67 Å². The van der Waals surface area contributed by atoms with E-state index in [9.17, 15) is 4.39 Å². The molecule has 1 N–H and O–H groups in total. The molecule has 0 aliphatic heterocycles. The van der Waals surface area contributed by atoms with Crippen LogP contribution >= 0.6 is 15.9 Å². The van der Waals surface area contributed by atoms with Crippen molar-refractivity contribution in [2.45, 2.75) is 6.67 Å². The predicted molar refractivity (Wildman–Crippen MR) is 28.9 cm³/mol. The van der Waals surface area contributed by atoms with Crippen molar-refractivity contribution in [2.24, 2.45) is 0 Å². The van der Waals surface area contributed by atoms with Crippen molar-refractivity contribution in [3.8, 4) is 0 Å². The standard InChI is InChI=1S/C3H3BrFN3/c4-3-6-2(1-5)7-8-3/h1H2,(H,6,7,8). The summed E-state index contributed by atoms with van der Waals surface area (Å²) < 4.78 is 12.0. The molecule has 1 rings (SSSR count). The number of halogens is 2. The van der Waals surface area contributed by atoms with E-state index in [1.165, 1.54) is 0 Å². The number of aromatic amines is 1. The molecule has 0 saturated carbocycles. The predicted octanol–water partition coefficient (Wildman–Crippen LogP) is 1.04. The highest BCUT2D eigenvalue weighted by Crippen LogP contribution is 2.00. The van der Waals surface area contributed by atoms with Crippen LogP contribution in [0.2, 0.25) is 0 Å². The van der Waals surface area contributed by atoms with Gasteiger partial charge in [0.25, 0.3) is 0 Å². The van der Waals surface area contributed by atoms with Crippen molar-refractivity contribution in [1.29, 1.82) is 0 Å². The number of hydrogen-bond acceptors (Lipinski definition) is 2. The van der Waals surface area contributed by atoms with Gasteiger partial charge in [0.15, 0.2) is 5.82 Å². The number of rotatable bonds is 1. The Bertz CT molecular complexity index is 175. The summed E-state index contributed by atoms with van der Waals surface area (Å²) >= 11 is 2.95. The molecule has 1 aromatic heterocycles. The second-order valence-electron chi connectivity index (χ2n) is 1.18. The highest BCUT2D eigenvalue weighted by molar-refractivity contribution is 9.10. The minimum atomic E-state index is -0.599. The number of aromatic nitrogens is 3. The van der Waals surface area contributed by atoms with Gasteiger partial charge in [-0.05, 0) is 15.9 Å². The van der Waals surface area contributed by atoms with Crippen LogP contribution in [0.4, 0.5) is 4.39 Å². The Morgan fingerprint density at radius 3 is 2.75 bits per heavy atom. The topological polar surface area (TPSA) is 41.6 Å². The first-order valence-corrected chi connectivity index (χ1v) is 2.75. The molecule has 8 heavy (non-hydrogen) atoms. The molecule has 0 radical (unpaired) electrons. The van der Waals surface area contributed by atoms with Gasteiger partial charge in [-0.2, -0.15) is 0 Å². The second-order valence-corrected chi connectivity index (χ2v) is 1.89. The molecule has 0 spiro atoms. The molecule has 0 aliphatic rings. The molecule has 1 aromatic rings. The minimum Gasteiger partial charge on any atom is -0.260 e. The largest absolute Gasteiger partial charge is 0.260 e. The molecule has 0 aromatic carbocycles. The average Bonchev–Trinajstić information content (AvgIpc) is 2.14. The van der Waals surface area contributed by atoms with E-state index >= 15 is 0 Å². The highest BCUT2D eigenvalue weighted by Gasteiger charge is 1.95. The van der Waals surface area contributed by atoms with E-state index in [0.717, 1.165) is 0 Å². The lowest BCUT2D eigenvalue weighted by Gasteiger charge is -1.75. The summed E-state index contributed by atoms with van der Waals surface area (Å²) in [4.78, 5) is 3.60. The number of H-pyrrole nitrogens is 1. The maximum atomic E-state index is 11.6. The summed E-state index contributed by atoms with van der Waals surface area (Å²) in [5, 5.41) is 5.90. The monoisotopic (exact) mass is 179 g/mol. The molecule has 0 fully saturated rings. The van der Waals surface area contributed by atoms with Gasteiger partial charge >= 0.3 is 0 Å². The van der Waals surface area contributed by atoms with E-state index in [2.05, 4.69) is 31.1 Å². The lowest BCUT2D eigenvalue weighted by molar-refractivity contribution is 0.466. The normalized spacial score (nSPS) is 9.75. The summed E-state index contributed by atoms with van der Waals surface area (Å²) in [5.41, 5.74) is 0. The van der Waals surface area contributed by atoms with Crippen LogP contribution in [0.5, 0.6) is 0 Å². The van der Waals surface area contributed by atoms with Crippen molar-refractivity contribution in [3.05, 3.63) is 10.6 Å². The fourth-order valence-electron chi connectivity index (χ4n) is 0.332. The minimum absolute atomic E-state index is 0.247. The third-order valence-electron chi connectivity index (χ3n) is 0.631. The van der Waals surface area contributed by atoms with Crippen LogP contribution in [0.25, 0.3) is 0 Å². The SMILES string of the molecule is FCc1nc(Br)n[nH]1. The smallest absolute Gasteiger partial charge is 0.217 e. The molecule has 0 aliphatic carbocycles. The summed E-state index contributed by atoms with van der Waals surface area (Å²) in [6.45, 7) is -0.599. The van der Waals surface area contributed by atoms with Crippen LogP contribution in [0.3, 0.4) is 0 Å². The molecule has 1 heterocycles. The molecule has 0 amide bonds. The Balaban J connectivity index is 2.84. The van der Waals surface area contributed by atoms with Gasteiger partial charge in [0.2, 0.25) is 4.73 Å². The maximum absolute atomic E-state index is 11.6. The molecule has 0 saturated heterocycles. The Morgan fingerprint density at radius 1 is 1.75 bits per heavy atom. The zero-order chi connectivity index (χ0) is 5.98. The number of hydrogen-bond donors (Lipinski definition) is 1. The molecular formula is C3H3BrFN3. The van der Waals surface area contributed by atoms with Crippen molar-refractivity contribution in [3.63, 3.8) is 0 Å². The first-order chi connectivity index (χ1) is 3.83. The lowest BCUT2D eigenvalue weighted by Crippen LogP contribution is -1.78. The van der Waals surface area contributed by atoms with Crippen LogP contribution in [0.1, 0.15) is 5.82 Å². The average molecular weight is 180 g/mol. The summed E-state index contributed by atoms with van der Waals surface area (Å²) in [5.74, 6) is 0.247. The Morgan fingerprint density at radius 2 is 2.50 bits per heavy atom. The molecule has 3 nitrogen and oxygen atoms in total. The van der Waals surface area contributed by atoms with Gasteiger partial charge in [-0.3, -0.25) is 5.10 Å². The van der Waals surface area contributed by atoms with Crippen LogP contribution in [0, 0.1) is 0 Å². The molecule has 0 bridgehead atoms. The van der Waals surface area contributed by atoms with Gasteiger partial charge in [0.05, 0.1) is 0 Å². The molecule has 44 valence electrons. The van der Waals surface area contributed by atoms with E-state index in [1.807, 2.05) is 0 Å². The molecular weight excluding hydrogens is 177 g/mol. The van der Waals surface area contributed by atoms with Gasteiger partial charge in [-0.15, -0.1) is 5.10 Å². The van der Waals surface area contributed by atoms with E-state index < -0.39 is 6.67 Å². The van der Waals surface area contributed by atoms with E-state index in [1.54, 1.807) is 0 Å². The maximum Gasteiger partial charge on any atom is 0.217 e. The van der Waals surface area contributed by atoms with E-state index in [-0.39, 0.29) is 5.82 Å². The number of nitrogens with one attached hydrogen (secondary N) is 1. The van der Waals surface area contributed by atoms with Gasteiger partial charge in [-0.25, -0.2) is 9.37 Å². The van der Waals surface area contributed by atoms with Crippen molar-refractivity contribution in [2.75, 3.05) is 0 Å². The van der Waals surface area contributed by atoms with Gasteiger partial charge in [0.1, 0.15) is 6.67 Å². The zero-order valence-corrected chi connectivity index (χ0v) is 5.44. The Labute approximate surface area is 53.4 Å². The van der Waals surface area contributed by atoms with Gasteiger partial charge in [-0.1, -0.05) is 0 Å². The molecule has 5 heteroatoms. The van der Waals surface area contributed by atoms with Crippen LogP contribution in [-0.4, -0.2) is 15.2 Å². The Hall–Kier alpha value is -0.450. The second kappa shape index (κ2) is 2.21. The molecule has 0 atom stereocenters. The zero-order valence-electron chi connectivity index (χ0n) is 3.86. The molecule has 0 unspecified atom stereocenters. The van der Waals surface area contributed by atoms with E-state index in [0.29, 0.717) is 4.73 Å². The Kier molecular flexibility index (Phi) is 1.57.